The van der Waals surface area contributed by atoms with E-state index in [2.05, 4.69) is 48.6 Å². The Morgan fingerprint density at radius 3 is 2.43 bits per heavy atom. The number of aryl methyl sites for hydroxylation is 1. The molecule has 0 saturated carbocycles. The van der Waals surface area contributed by atoms with Gasteiger partial charge in [0.25, 0.3) is 5.91 Å². The third-order valence-electron chi connectivity index (χ3n) is 5.65. The fraction of sp³-hybridized carbons (Fsp3) is 0.231. The Kier molecular flexibility index (Phi) is 5.94. The Morgan fingerprint density at radius 2 is 1.67 bits per heavy atom. The predicted octanol–water partition coefficient (Wildman–Crippen LogP) is 4.09. The fourth-order valence-corrected chi connectivity index (χ4v) is 3.98. The molecule has 3 aromatic carbocycles. The van der Waals surface area contributed by atoms with Crippen molar-refractivity contribution in [2.45, 2.75) is 13.3 Å². The van der Waals surface area contributed by atoms with Crippen LogP contribution < -0.4 is 5.32 Å². The second kappa shape index (κ2) is 8.95. The third kappa shape index (κ3) is 4.43. The van der Waals surface area contributed by atoms with Gasteiger partial charge in [-0.2, -0.15) is 0 Å². The van der Waals surface area contributed by atoms with E-state index in [9.17, 15) is 9.59 Å². The Balaban J connectivity index is 1.58. The van der Waals surface area contributed by atoms with Crippen molar-refractivity contribution in [2.75, 3.05) is 19.6 Å². The minimum absolute atomic E-state index is 0.0112. The summed E-state index contributed by atoms with van der Waals surface area (Å²) < 4.78 is 0. The zero-order valence-corrected chi connectivity index (χ0v) is 17.2. The van der Waals surface area contributed by atoms with Crippen LogP contribution in [0.3, 0.4) is 0 Å². The number of amides is 2. The number of nitrogens with one attached hydrogen (secondary N) is 1. The number of nitrogens with zero attached hydrogens (tertiary/aromatic N) is 1. The molecule has 1 fully saturated rings. The number of hydrogen-bond donors (Lipinski definition) is 1. The molecule has 152 valence electrons. The zero-order valence-electron chi connectivity index (χ0n) is 17.2. The Bertz CT molecular complexity index is 1030. The van der Waals surface area contributed by atoms with Crippen molar-refractivity contribution in [1.82, 2.24) is 10.2 Å². The van der Waals surface area contributed by atoms with Gasteiger partial charge in [-0.3, -0.25) is 9.59 Å². The van der Waals surface area contributed by atoms with Gasteiger partial charge in [-0.1, -0.05) is 72.3 Å². The van der Waals surface area contributed by atoms with Crippen LogP contribution in [-0.2, 0) is 11.2 Å². The molecular formula is C26H26N2O2. The van der Waals surface area contributed by atoms with E-state index in [1.54, 1.807) is 4.90 Å². The number of carbonyl (C=O) groups excluding carboxylic acids is 2. The second-order valence-corrected chi connectivity index (χ2v) is 7.83. The first kappa shape index (κ1) is 19.9. The maximum Gasteiger partial charge on any atom is 0.253 e. The summed E-state index contributed by atoms with van der Waals surface area (Å²) in [5.74, 6) is -0.298. The summed E-state index contributed by atoms with van der Waals surface area (Å²) in [5.41, 5.74) is 5.27. The van der Waals surface area contributed by atoms with E-state index in [1.807, 2.05) is 42.5 Å². The summed E-state index contributed by atoms with van der Waals surface area (Å²) in [6, 6.07) is 25.9. The molecule has 3 aromatic rings. The number of rotatable bonds is 4. The topological polar surface area (TPSA) is 49.4 Å². The SMILES string of the molecule is Cc1ccc(-c2ccccc2C[C@@H]2CN(C(=O)c3ccccc3)CCNC2=O)cc1. The van der Waals surface area contributed by atoms with Crippen LogP contribution in [0.15, 0.2) is 78.9 Å². The van der Waals surface area contributed by atoms with Crippen LogP contribution in [0.5, 0.6) is 0 Å². The van der Waals surface area contributed by atoms with Gasteiger partial charge in [0.15, 0.2) is 0 Å². The van der Waals surface area contributed by atoms with Crippen molar-refractivity contribution < 1.29 is 9.59 Å². The number of carbonyl (C=O) groups is 2. The van der Waals surface area contributed by atoms with Gasteiger partial charge in [0.2, 0.25) is 5.91 Å². The Hall–Kier alpha value is -3.40. The Morgan fingerprint density at radius 1 is 0.967 bits per heavy atom. The minimum atomic E-state index is -0.285. The van der Waals surface area contributed by atoms with Gasteiger partial charge < -0.3 is 10.2 Å². The first-order chi connectivity index (χ1) is 14.6. The largest absolute Gasteiger partial charge is 0.354 e. The average molecular weight is 399 g/mol. The van der Waals surface area contributed by atoms with Crippen molar-refractivity contribution in [3.63, 3.8) is 0 Å². The van der Waals surface area contributed by atoms with E-state index in [0.717, 1.165) is 16.7 Å². The summed E-state index contributed by atoms with van der Waals surface area (Å²) in [7, 11) is 0. The predicted molar refractivity (Wildman–Crippen MR) is 119 cm³/mol. The molecule has 1 N–H and O–H groups in total. The molecule has 30 heavy (non-hydrogen) atoms. The van der Waals surface area contributed by atoms with Crippen LogP contribution in [0, 0.1) is 12.8 Å². The maximum absolute atomic E-state index is 13.0. The highest BCUT2D eigenvalue weighted by molar-refractivity contribution is 5.94. The molecule has 2 amide bonds. The summed E-state index contributed by atoms with van der Waals surface area (Å²) in [5, 5.41) is 2.99. The van der Waals surface area contributed by atoms with E-state index in [1.165, 1.54) is 5.56 Å². The van der Waals surface area contributed by atoms with Crippen LogP contribution in [0.1, 0.15) is 21.5 Å². The second-order valence-electron chi connectivity index (χ2n) is 7.83. The Labute approximate surface area is 177 Å². The molecule has 0 aromatic heterocycles. The lowest BCUT2D eigenvalue weighted by Crippen LogP contribution is -2.37. The molecule has 1 atom stereocenters. The van der Waals surface area contributed by atoms with E-state index in [4.69, 9.17) is 0 Å². The summed E-state index contributed by atoms with van der Waals surface area (Å²) in [6.07, 6.45) is 0.592. The zero-order chi connectivity index (χ0) is 20.9. The first-order valence-electron chi connectivity index (χ1n) is 10.4. The molecule has 4 nitrogen and oxygen atoms in total. The molecule has 0 unspecified atom stereocenters. The van der Waals surface area contributed by atoms with E-state index in [0.29, 0.717) is 31.6 Å². The van der Waals surface area contributed by atoms with Crippen LogP contribution in [0.4, 0.5) is 0 Å². The highest BCUT2D eigenvalue weighted by Crippen LogP contribution is 2.27. The summed E-state index contributed by atoms with van der Waals surface area (Å²) >= 11 is 0. The van der Waals surface area contributed by atoms with Gasteiger partial charge in [-0.05, 0) is 42.2 Å². The lowest BCUT2D eigenvalue weighted by atomic mass is 9.91. The number of hydrogen-bond acceptors (Lipinski definition) is 2. The van der Waals surface area contributed by atoms with Gasteiger partial charge in [-0.15, -0.1) is 0 Å². The molecule has 4 heteroatoms. The van der Waals surface area contributed by atoms with Gasteiger partial charge >= 0.3 is 0 Å². The van der Waals surface area contributed by atoms with Crippen LogP contribution in [0.25, 0.3) is 11.1 Å². The van der Waals surface area contributed by atoms with Crippen LogP contribution in [-0.4, -0.2) is 36.3 Å². The molecule has 1 saturated heterocycles. The molecule has 0 spiro atoms. The highest BCUT2D eigenvalue weighted by atomic mass is 16.2. The molecule has 1 aliphatic heterocycles. The first-order valence-corrected chi connectivity index (χ1v) is 10.4. The van der Waals surface area contributed by atoms with Crippen molar-refractivity contribution in [3.8, 4) is 11.1 Å². The van der Waals surface area contributed by atoms with Crippen molar-refractivity contribution in [1.29, 1.82) is 0 Å². The average Bonchev–Trinajstić information content (AvgIpc) is 2.96. The molecule has 1 aliphatic rings. The highest BCUT2D eigenvalue weighted by Gasteiger charge is 2.28. The summed E-state index contributed by atoms with van der Waals surface area (Å²) in [6.45, 7) is 3.49. The standard InChI is InChI=1S/C26H26N2O2/c1-19-11-13-20(14-12-19)24-10-6-5-9-22(24)17-23-18-28(16-15-27-25(23)29)26(30)21-7-3-2-4-8-21/h2-14,23H,15-18H2,1H3,(H,27,29)/t23-/m1/s1. The van der Waals surface area contributed by atoms with E-state index in [-0.39, 0.29) is 17.7 Å². The molecule has 1 heterocycles. The lowest BCUT2D eigenvalue weighted by Gasteiger charge is -2.24. The summed E-state index contributed by atoms with van der Waals surface area (Å²) in [4.78, 5) is 27.5. The monoisotopic (exact) mass is 398 g/mol. The molecule has 0 bridgehead atoms. The molecular weight excluding hydrogens is 372 g/mol. The van der Waals surface area contributed by atoms with Crippen LogP contribution in [0.2, 0.25) is 0 Å². The molecule has 0 aliphatic carbocycles. The fourth-order valence-electron chi connectivity index (χ4n) is 3.98. The molecule has 4 rings (SSSR count). The van der Waals surface area contributed by atoms with Crippen molar-refractivity contribution in [3.05, 3.63) is 95.6 Å². The quantitative estimate of drug-likeness (QED) is 0.720. The molecule has 0 radical (unpaired) electrons. The normalized spacial score (nSPS) is 16.6. The lowest BCUT2D eigenvalue weighted by molar-refractivity contribution is -0.124. The van der Waals surface area contributed by atoms with E-state index >= 15 is 0 Å². The minimum Gasteiger partial charge on any atom is -0.354 e. The van der Waals surface area contributed by atoms with Crippen molar-refractivity contribution in [2.24, 2.45) is 5.92 Å². The van der Waals surface area contributed by atoms with Gasteiger partial charge in [-0.25, -0.2) is 0 Å². The number of benzene rings is 3. The van der Waals surface area contributed by atoms with E-state index < -0.39 is 0 Å². The maximum atomic E-state index is 13.0. The van der Waals surface area contributed by atoms with Gasteiger partial charge in [0.05, 0.1) is 5.92 Å². The third-order valence-corrected chi connectivity index (χ3v) is 5.65. The van der Waals surface area contributed by atoms with Crippen LogP contribution >= 0.6 is 0 Å². The van der Waals surface area contributed by atoms with Crippen molar-refractivity contribution >= 4 is 11.8 Å². The smallest absolute Gasteiger partial charge is 0.253 e. The van der Waals surface area contributed by atoms with Gasteiger partial charge in [0, 0.05) is 25.2 Å². The van der Waals surface area contributed by atoms with Gasteiger partial charge in [0.1, 0.15) is 0 Å².